The van der Waals surface area contributed by atoms with Crippen molar-refractivity contribution < 1.29 is 17.9 Å². The lowest BCUT2D eigenvalue weighted by Gasteiger charge is -2.13. The summed E-state index contributed by atoms with van der Waals surface area (Å²) in [5.41, 5.74) is 5.63. The highest BCUT2D eigenvalue weighted by molar-refractivity contribution is 9.10. The molecule has 0 saturated heterocycles. The lowest BCUT2D eigenvalue weighted by molar-refractivity contribution is -0.138. The molecule has 0 radical (unpaired) electrons. The second-order valence-corrected chi connectivity index (χ2v) is 5.74. The largest absolute Gasteiger partial charge is 0.495 e. The van der Waals surface area contributed by atoms with Gasteiger partial charge in [-0.05, 0) is 29.8 Å². The maximum absolute atomic E-state index is 13.1. The van der Waals surface area contributed by atoms with Crippen LogP contribution in [0.2, 0.25) is 0 Å². The third-order valence-electron chi connectivity index (χ3n) is 3.17. The zero-order valence-corrected chi connectivity index (χ0v) is 14.3. The Bertz CT molecular complexity index is 748. The molecule has 24 heavy (non-hydrogen) atoms. The minimum Gasteiger partial charge on any atom is -0.495 e. The van der Waals surface area contributed by atoms with Crippen molar-refractivity contribution in [3.63, 3.8) is 0 Å². The molecule has 128 valence electrons. The third-order valence-corrected chi connectivity index (χ3v) is 3.66. The van der Waals surface area contributed by atoms with Crippen LogP contribution in [-0.4, -0.2) is 13.1 Å². The van der Waals surface area contributed by atoms with E-state index in [2.05, 4.69) is 26.2 Å². The van der Waals surface area contributed by atoms with Gasteiger partial charge in [0, 0.05) is 4.47 Å². The predicted octanol–water partition coefficient (Wildman–Crippen LogP) is 4.40. The third kappa shape index (κ3) is 4.64. The highest BCUT2D eigenvalue weighted by Crippen LogP contribution is 2.34. The minimum atomic E-state index is -4.46. The fraction of sp³-hybridized carbons (Fsp3) is 0.188. The molecule has 2 aromatic rings. The van der Waals surface area contributed by atoms with Crippen LogP contribution in [-0.2, 0) is 12.7 Å². The molecule has 0 amide bonds. The van der Waals surface area contributed by atoms with E-state index in [1.54, 1.807) is 24.3 Å². The van der Waals surface area contributed by atoms with Crippen LogP contribution in [0.4, 0.5) is 18.9 Å². The van der Waals surface area contributed by atoms with E-state index in [1.807, 2.05) is 0 Å². The number of benzene rings is 2. The van der Waals surface area contributed by atoms with E-state index in [4.69, 9.17) is 10.5 Å². The van der Waals surface area contributed by atoms with Gasteiger partial charge in [-0.1, -0.05) is 34.1 Å². The van der Waals surface area contributed by atoms with E-state index in [9.17, 15) is 13.2 Å². The van der Waals surface area contributed by atoms with Crippen LogP contribution in [0.25, 0.3) is 0 Å². The van der Waals surface area contributed by atoms with Crippen molar-refractivity contribution >= 4 is 27.6 Å². The molecule has 0 aliphatic carbocycles. The number of guanidine groups is 1. The van der Waals surface area contributed by atoms with Crippen molar-refractivity contribution in [1.82, 2.24) is 0 Å². The number of hydrogen-bond donors (Lipinski definition) is 2. The van der Waals surface area contributed by atoms with Crippen LogP contribution in [0.5, 0.6) is 5.75 Å². The SMILES string of the molecule is COc1ccccc1NC(N)=NCc1ccc(Br)cc1C(F)(F)F. The Morgan fingerprint density at radius 1 is 1.25 bits per heavy atom. The van der Waals surface area contributed by atoms with E-state index < -0.39 is 11.7 Å². The average Bonchev–Trinajstić information content (AvgIpc) is 2.53. The summed E-state index contributed by atoms with van der Waals surface area (Å²) in [6, 6.07) is 10.9. The van der Waals surface area contributed by atoms with Crippen LogP contribution >= 0.6 is 15.9 Å². The lowest BCUT2D eigenvalue weighted by atomic mass is 10.1. The number of halogens is 4. The highest BCUT2D eigenvalue weighted by atomic mass is 79.9. The quantitative estimate of drug-likeness (QED) is 0.589. The van der Waals surface area contributed by atoms with Gasteiger partial charge >= 0.3 is 6.18 Å². The van der Waals surface area contributed by atoms with Crippen molar-refractivity contribution in [3.8, 4) is 5.75 Å². The Kier molecular flexibility index (Phi) is 5.71. The number of methoxy groups -OCH3 is 1. The van der Waals surface area contributed by atoms with E-state index >= 15 is 0 Å². The van der Waals surface area contributed by atoms with Crippen molar-refractivity contribution in [2.45, 2.75) is 12.7 Å². The van der Waals surface area contributed by atoms with Crippen molar-refractivity contribution in [2.24, 2.45) is 10.7 Å². The summed E-state index contributed by atoms with van der Waals surface area (Å²) < 4.78 is 44.7. The molecule has 2 aromatic carbocycles. The number of alkyl halides is 3. The van der Waals surface area contributed by atoms with Crippen molar-refractivity contribution in [2.75, 3.05) is 12.4 Å². The van der Waals surface area contributed by atoms with E-state index in [0.29, 0.717) is 15.9 Å². The highest BCUT2D eigenvalue weighted by Gasteiger charge is 2.33. The molecule has 4 nitrogen and oxygen atoms in total. The van der Waals surface area contributed by atoms with Crippen LogP contribution < -0.4 is 15.8 Å². The number of nitrogens with one attached hydrogen (secondary N) is 1. The van der Waals surface area contributed by atoms with Crippen LogP contribution in [0.1, 0.15) is 11.1 Å². The van der Waals surface area contributed by atoms with E-state index in [1.165, 1.54) is 19.2 Å². The number of para-hydroxylation sites is 2. The number of hydrogen-bond acceptors (Lipinski definition) is 2. The molecular weight excluding hydrogens is 387 g/mol. The number of anilines is 1. The van der Waals surface area contributed by atoms with Gasteiger partial charge in [0.2, 0.25) is 0 Å². The molecule has 0 fully saturated rings. The smallest absolute Gasteiger partial charge is 0.416 e. The zero-order chi connectivity index (χ0) is 17.7. The molecule has 0 atom stereocenters. The number of rotatable bonds is 4. The molecule has 0 aliphatic heterocycles. The van der Waals surface area contributed by atoms with Gasteiger partial charge in [0.05, 0.1) is 24.9 Å². The Hall–Kier alpha value is -2.22. The number of ether oxygens (including phenoxy) is 1. The zero-order valence-electron chi connectivity index (χ0n) is 12.7. The first-order chi connectivity index (χ1) is 11.3. The second-order valence-electron chi connectivity index (χ2n) is 4.83. The maximum Gasteiger partial charge on any atom is 0.416 e. The summed E-state index contributed by atoms with van der Waals surface area (Å²) >= 11 is 3.04. The topological polar surface area (TPSA) is 59.6 Å². The number of nitrogens with two attached hydrogens (primary N) is 1. The van der Waals surface area contributed by atoms with Crippen LogP contribution in [0.15, 0.2) is 51.9 Å². The van der Waals surface area contributed by atoms with Crippen LogP contribution in [0.3, 0.4) is 0 Å². The summed E-state index contributed by atoms with van der Waals surface area (Å²) in [5.74, 6) is 0.547. The van der Waals surface area contributed by atoms with Gasteiger partial charge in [-0.2, -0.15) is 13.2 Å². The summed E-state index contributed by atoms with van der Waals surface area (Å²) in [6.45, 7) is -0.198. The Labute approximate surface area is 145 Å². The van der Waals surface area contributed by atoms with Gasteiger partial charge in [-0.15, -0.1) is 0 Å². The summed E-state index contributed by atoms with van der Waals surface area (Å²) in [7, 11) is 1.51. The Morgan fingerprint density at radius 3 is 2.62 bits per heavy atom. The van der Waals surface area contributed by atoms with Gasteiger partial charge in [0.25, 0.3) is 0 Å². The summed E-state index contributed by atoms with van der Waals surface area (Å²) in [4.78, 5) is 3.98. The van der Waals surface area contributed by atoms with Gasteiger partial charge in [0.15, 0.2) is 5.96 Å². The van der Waals surface area contributed by atoms with Crippen molar-refractivity contribution in [1.29, 1.82) is 0 Å². The van der Waals surface area contributed by atoms with Crippen molar-refractivity contribution in [3.05, 3.63) is 58.1 Å². The van der Waals surface area contributed by atoms with E-state index in [0.717, 1.165) is 6.07 Å². The normalized spacial score (nSPS) is 12.1. The average molecular weight is 402 g/mol. The first kappa shape index (κ1) is 18.1. The van der Waals surface area contributed by atoms with Gasteiger partial charge in [-0.25, -0.2) is 4.99 Å². The summed E-state index contributed by atoms with van der Waals surface area (Å²) in [5, 5.41) is 2.81. The fourth-order valence-electron chi connectivity index (χ4n) is 2.05. The molecule has 2 rings (SSSR count). The summed E-state index contributed by atoms with van der Waals surface area (Å²) in [6.07, 6.45) is -4.46. The molecule has 0 bridgehead atoms. The predicted molar refractivity (Wildman–Crippen MR) is 91.1 cm³/mol. The van der Waals surface area contributed by atoms with Gasteiger partial charge < -0.3 is 15.8 Å². The Morgan fingerprint density at radius 2 is 1.96 bits per heavy atom. The molecule has 0 heterocycles. The standard InChI is InChI=1S/C16H15BrF3N3O/c1-24-14-5-3-2-4-13(14)23-15(21)22-9-10-6-7-11(17)8-12(10)16(18,19)20/h2-8H,9H2,1H3,(H3,21,22,23). The molecule has 0 aromatic heterocycles. The van der Waals surface area contributed by atoms with Crippen LogP contribution in [0, 0.1) is 0 Å². The molecule has 8 heteroatoms. The fourth-order valence-corrected chi connectivity index (χ4v) is 2.41. The molecule has 0 saturated carbocycles. The molecule has 3 N–H and O–H groups in total. The molecule has 0 unspecified atom stereocenters. The minimum absolute atomic E-state index is 0.00413. The monoisotopic (exact) mass is 401 g/mol. The second kappa shape index (κ2) is 7.57. The lowest BCUT2D eigenvalue weighted by Crippen LogP contribution is -2.23. The van der Waals surface area contributed by atoms with Gasteiger partial charge in [0.1, 0.15) is 5.75 Å². The maximum atomic E-state index is 13.1. The van der Waals surface area contributed by atoms with E-state index in [-0.39, 0.29) is 18.1 Å². The molecule has 0 spiro atoms. The first-order valence-corrected chi connectivity index (χ1v) is 7.66. The molecular formula is C16H15BrF3N3O. The Balaban J connectivity index is 2.19. The number of nitrogens with zero attached hydrogens (tertiary/aromatic N) is 1. The first-order valence-electron chi connectivity index (χ1n) is 6.87. The number of aliphatic imine (C=N–C) groups is 1. The van der Waals surface area contributed by atoms with Gasteiger partial charge in [-0.3, -0.25) is 0 Å². The molecule has 0 aliphatic rings.